The number of aliphatic carboxylic acids is 1. The van der Waals surface area contributed by atoms with Crippen molar-refractivity contribution in [1.29, 1.82) is 0 Å². The van der Waals surface area contributed by atoms with Crippen LogP contribution >= 0.6 is 23.3 Å². The van der Waals surface area contributed by atoms with E-state index >= 15 is 0 Å². The summed E-state index contributed by atoms with van der Waals surface area (Å²) in [6.07, 6.45) is 0. The summed E-state index contributed by atoms with van der Waals surface area (Å²) in [4.78, 5) is 38.8. The molecule has 2 heterocycles. The van der Waals surface area contributed by atoms with Crippen LogP contribution in [0.3, 0.4) is 0 Å². The molecule has 1 aromatic rings. The SMILES string of the molecule is CC(=O)OCC(=O)N(CC(COc1nsnc1N1CCOCC1)[C@H](Cl)C(=O)O)C(C)(C)C. The molecular formula is C19H29ClN4O7S. The van der Waals surface area contributed by atoms with Crippen LogP contribution < -0.4 is 9.64 Å². The summed E-state index contributed by atoms with van der Waals surface area (Å²) in [5.74, 6) is -2.20. The van der Waals surface area contributed by atoms with Gasteiger partial charge < -0.3 is 29.1 Å². The Morgan fingerprint density at radius 3 is 2.50 bits per heavy atom. The summed E-state index contributed by atoms with van der Waals surface area (Å²) >= 11 is 7.16. The van der Waals surface area contributed by atoms with Crippen molar-refractivity contribution >= 4 is 47.0 Å². The molecule has 1 unspecified atom stereocenters. The number of ether oxygens (including phenoxy) is 3. The number of halogens is 1. The van der Waals surface area contributed by atoms with Crippen molar-refractivity contribution in [1.82, 2.24) is 13.6 Å². The van der Waals surface area contributed by atoms with Gasteiger partial charge in [0.25, 0.3) is 11.8 Å². The van der Waals surface area contributed by atoms with Crippen molar-refractivity contribution in [3.63, 3.8) is 0 Å². The average Bonchev–Trinajstić information content (AvgIpc) is 3.20. The molecule has 1 fully saturated rings. The van der Waals surface area contributed by atoms with Crippen LogP contribution in [0.5, 0.6) is 5.88 Å². The van der Waals surface area contributed by atoms with E-state index < -0.39 is 41.3 Å². The Balaban J connectivity index is 2.15. The van der Waals surface area contributed by atoms with E-state index in [0.29, 0.717) is 32.1 Å². The van der Waals surface area contributed by atoms with Gasteiger partial charge in [0.15, 0.2) is 6.61 Å². The predicted molar refractivity (Wildman–Crippen MR) is 117 cm³/mol. The Kier molecular flexibility index (Phi) is 9.47. The number of carbonyl (C=O) groups is 3. The number of nitrogens with zero attached hydrogens (tertiary/aromatic N) is 4. The number of rotatable bonds is 10. The van der Waals surface area contributed by atoms with E-state index in [1.165, 1.54) is 11.8 Å². The maximum Gasteiger partial charge on any atom is 0.322 e. The Morgan fingerprint density at radius 1 is 1.28 bits per heavy atom. The van der Waals surface area contributed by atoms with Crippen molar-refractivity contribution in [3.05, 3.63) is 0 Å². The third-order valence-electron chi connectivity index (χ3n) is 4.76. The summed E-state index contributed by atoms with van der Waals surface area (Å²) in [5, 5.41) is 8.17. The monoisotopic (exact) mass is 492 g/mol. The zero-order valence-corrected chi connectivity index (χ0v) is 20.1. The quantitative estimate of drug-likeness (QED) is 0.376. The number of hydrogen-bond acceptors (Lipinski definition) is 10. The van der Waals surface area contributed by atoms with E-state index in [0.717, 1.165) is 11.7 Å². The van der Waals surface area contributed by atoms with Gasteiger partial charge in [0.05, 0.1) is 31.5 Å². The molecule has 11 nitrogen and oxygen atoms in total. The molecule has 0 spiro atoms. The fourth-order valence-electron chi connectivity index (χ4n) is 3.08. The molecule has 0 saturated carbocycles. The fraction of sp³-hybridized carbons (Fsp3) is 0.737. The molecule has 13 heteroatoms. The van der Waals surface area contributed by atoms with Gasteiger partial charge in [-0.05, 0) is 20.8 Å². The molecule has 0 aromatic carbocycles. The normalized spacial score (nSPS) is 16.2. The van der Waals surface area contributed by atoms with Crippen LogP contribution in [0.15, 0.2) is 0 Å². The maximum atomic E-state index is 12.7. The lowest BCUT2D eigenvalue weighted by atomic mass is 9.99. The molecule has 1 aromatic heterocycles. The summed E-state index contributed by atoms with van der Waals surface area (Å²) in [5.41, 5.74) is -0.675. The number of carbonyl (C=O) groups excluding carboxylic acids is 2. The van der Waals surface area contributed by atoms with E-state index in [1.54, 1.807) is 20.8 Å². The third-order valence-corrected chi connectivity index (χ3v) is 5.81. The van der Waals surface area contributed by atoms with Crippen LogP contribution in [-0.2, 0) is 23.9 Å². The molecule has 180 valence electrons. The van der Waals surface area contributed by atoms with Crippen LogP contribution in [0.2, 0.25) is 0 Å². The molecule has 0 radical (unpaired) electrons. The highest BCUT2D eigenvalue weighted by atomic mass is 35.5. The fourth-order valence-corrected chi connectivity index (χ4v) is 3.75. The van der Waals surface area contributed by atoms with Crippen LogP contribution in [0.4, 0.5) is 5.82 Å². The first-order valence-electron chi connectivity index (χ1n) is 10.1. The van der Waals surface area contributed by atoms with Gasteiger partial charge in [-0.25, -0.2) is 0 Å². The number of amides is 1. The highest BCUT2D eigenvalue weighted by Crippen LogP contribution is 2.28. The Hall–Kier alpha value is -2.18. The average molecular weight is 493 g/mol. The van der Waals surface area contributed by atoms with E-state index in [2.05, 4.69) is 8.75 Å². The second kappa shape index (κ2) is 11.6. The van der Waals surface area contributed by atoms with Gasteiger partial charge >= 0.3 is 11.9 Å². The number of alkyl halides is 1. The molecule has 2 rings (SSSR count). The van der Waals surface area contributed by atoms with Crippen molar-refractivity contribution in [2.24, 2.45) is 5.92 Å². The molecule has 1 aliphatic heterocycles. The van der Waals surface area contributed by atoms with Gasteiger partial charge in [-0.15, -0.1) is 16.0 Å². The lowest BCUT2D eigenvalue weighted by Crippen LogP contribution is -2.52. The van der Waals surface area contributed by atoms with E-state index in [-0.39, 0.29) is 19.0 Å². The lowest BCUT2D eigenvalue weighted by Gasteiger charge is -2.38. The summed E-state index contributed by atoms with van der Waals surface area (Å²) in [7, 11) is 0. The lowest BCUT2D eigenvalue weighted by molar-refractivity contribution is -0.153. The maximum absolute atomic E-state index is 12.7. The van der Waals surface area contributed by atoms with E-state index in [1.807, 2.05) is 4.90 Å². The summed E-state index contributed by atoms with van der Waals surface area (Å²) in [6, 6.07) is 0. The number of anilines is 1. The number of esters is 1. The molecule has 32 heavy (non-hydrogen) atoms. The van der Waals surface area contributed by atoms with Gasteiger partial charge in [-0.2, -0.15) is 4.37 Å². The van der Waals surface area contributed by atoms with Gasteiger partial charge in [0, 0.05) is 38.0 Å². The molecular weight excluding hydrogens is 464 g/mol. The summed E-state index contributed by atoms with van der Waals surface area (Å²) < 4.78 is 24.5. The molecule has 1 aliphatic rings. The zero-order valence-electron chi connectivity index (χ0n) is 18.6. The highest BCUT2D eigenvalue weighted by molar-refractivity contribution is 6.99. The number of aromatic nitrogens is 2. The van der Waals surface area contributed by atoms with Gasteiger partial charge in [0.1, 0.15) is 5.38 Å². The number of hydrogen-bond donors (Lipinski definition) is 1. The molecule has 0 bridgehead atoms. The minimum Gasteiger partial charge on any atom is -0.480 e. The van der Waals surface area contributed by atoms with Crippen LogP contribution in [0, 0.1) is 5.92 Å². The largest absolute Gasteiger partial charge is 0.480 e. The third kappa shape index (κ3) is 7.45. The highest BCUT2D eigenvalue weighted by Gasteiger charge is 2.35. The molecule has 2 atom stereocenters. The van der Waals surface area contributed by atoms with Crippen molar-refractivity contribution in [3.8, 4) is 5.88 Å². The topological polar surface area (TPSA) is 131 Å². The second-order valence-electron chi connectivity index (χ2n) is 8.26. The smallest absolute Gasteiger partial charge is 0.322 e. The number of carboxylic acids is 1. The molecule has 1 N–H and O–H groups in total. The first-order valence-corrected chi connectivity index (χ1v) is 11.3. The first-order chi connectivity index (χ1) is 15.0. The van der Waals surface area contributed by atoms with E-state index in [4.69, 9.17) is 25.8 Å². The minimum atomic E-state index is -1.32. The predicted octanol–water partition coefficient (Wildman–Crippen LogP) is 1.25. The van der Waals surface area contributed by atoms with Gasteiger partial charge in [0.2, 0.25) is 5.82 Å². The van der Waals surface area contributed by atoms with E-state index in [9.17, 15) is 19.5 Å². The van der Waals surface area contributed by atoms with Gasteiger partial charge in [-0.3, -0.25) is 14.4 Å². The van der Waals surface area contributed by atoms with Crippen LogP contribution in [0.25, 0.3) is 0 Å². The molecule has 1 amide bonds. The van der Waals surface area contributed by atoms with Crippen molar-refractivity contribution in [2.45, 2.75) is 38.6 Å². The first kappa shape index (κ1) is 26.1. The van der Waals surface area contributed by atoms with Crippen LogP contribution in [-0.4, -0.2) is 93.6 Å². The Morgan fingerprint density at radius 2 is 1.94 bits per heavy atom. The second-order valence-corrected chi connectivity index (χ2v) is 9.26. The molecule has 0 aliphatic carbocycles. The zero-order chi connectivity index (χ0) is 23.9. The number of carboxylic acid groups (broad SMARTS) is 1. The molecule has 1 saturated heterocycles. The van der Waals surface area contributed by atoms with Gasteiger partial charge in [-0.1, -0.05) is 0 Å². The van der Waals surface area contributed by atoms with Crippen molar-refractivity contribution < 1.29 is 33.7 Å². The van der Waals surface area contributed by atoms with Crippen molar-refractivity contribution in [2.75, 3.05) is 51.0 Å². The number of morpholine rings is 1. The summed E-state index contributed by atoms with van der Waals surface area (Å²) in [6.45, 7) is 8.42. The van der Waals surface area contributed by atoms with Crippen LogP contribution in [0.1, 0.15) is 27.7 Å². The standard InChI is InChI=1S/C19H29ClN4O7S/c1-12(25)30-11-14(26)24(19(2,3)4)9-13(15(20)18(27)28)10-31-17-16(21-32-22-17)23-5-7-29-8-6-23/h13,15H,5-11H2,1-4H3,(H,27,28)/t13?,15-/m0/s1. The Labute approximate surface area is 195 Å². The minimum absolute atomic E-state index is 0.0193. The Bertz CT molecular complexity index is 795.